The molecule has 0 amide bonds. The van der Waals surface area contributed by atoms with Gasteiger partial charge < -0.3 is 4.74 Å². The zero-order valence-corrected chi connectivity index (χ0v) is 12.0. The van der Waals surface area contributed by atoms with Crippen molar-refractivity contribution >= 4 is 33.9 Å². The molecule has 98 valence electrons. The molecule has 3 rings (SSSR count). The number of halogens is 1. The summed E-state index contributed by atoms with van der Waals surface area (Å²) in [5.41, 5.74) is 2.01. The van der Waals surface area contributed by atoms with E-state index < -0.39 is 5.97 Å². The summed E-state index contributed by atoms with van der Waals surface area (Å²) >= 11 is 3.36. The molecule has 3 nitrogen and oxygen atoms in total. The van der Waals surface area contributed by atoms with Crippen molar-refractivity contribution in [2.75, 3.05) is 0 Å². The van der Waals surface area contributed by atoms with E-state index in [1.54, 1.807) is 6.08 Å². The molecule has 0 N–H and O–H groups in total. The number of esters is 1. The number of benzene rings is 2. The van der Waals surface area contributed by atoms with Crippen LogP contribution in [0.2, 0.25) is 0 Å². The molecule has 0 saturated heterocycles. The van der Waals surface area contributed by atoms with Crippen molar-refractivity contribution < 1.29 is 9.53 Å². The van der Waals surface area contributed by atoms with Crippen LogP contribution in [0.1, 0.15) is 11.1 Å². The number of cyclic esters (lactones) is 1. The van der Waals surface area contributed by atoms with Gasteiger partial charge in [-0.05, 0) is 35.9 Å². The summed E-state index contributed by atoms with van der Waals surface area (Å²) in [6, 6.07) is 17.0. The first kappa shape index (κ1) is 12.8. The van der Waals surface area contributed by atoms with E-state index in [4.69, 9.17) is 4.74 Å². The van der Waals surface area contributed by atoms with Crippen LogP contribution in [-0.2, 0) is 9.53 Å². The first-order valence-electron chi connectivity index (χ1n) is 6.06. The minimum Gasteiger partial charge on any atom is -0.402 e. The van der Waals surface area contributed by atoms with Crippen LogP contribution in [0.15, 0.2) is 69.8 Å². The van der Waals surface area contributed by atoms with E-state index in [0.717, 1.165) is 15.6 Å². The Kier molecular flexibility index (Phi) is 3.48. The maximum Gasteiger partial charge on any atom is 0.363 e. The fourth-order valence-electron chi connectivity index (χ4n) is 1.83. The maximum atomic E-state index is 11.8. The number of carbonyl (C=O) groups is 1. The smallest absolute Gasteiger partial charge is 0.363 e. The Hall–Kier alpha value is -2.20. The van der Waals surface area contributed by atoms with Crippen LogP contribution < -0.4 is 0 Å². The first-order chi connectivity index (χ1) is 9.72. The lowest BCUT2D eigenvalue weighted by molar-refractivity contribution is -0.129. The number of hydrogen-bond acceptors (Lipinski definition) is 3. The van der Waals surface area contributed by atoms with Crippen LogP contribution in [0.5, 0.6) is 0 Å². The fourth-order valence-corrected chi connectivity index (χ4v) is 2.10. The minimum absolute atomic E-state index is 0.314. The molecule has 0 saturated carbocycles. The third-order valence-corrected chi connectivity index (χ3v) is 3.34. The largest absolute Gasteiger partial charge is 0.402 e. The second-order valence-electron chi connectivity index (χ2n) is 4.25. The second-order valence-corrected chi connectivity index (χ2v) is 5.17. The van der Waals surface area contributed by atoms with Crippen LogP contribution in [0.25, 0.3) is 6.08 Å². The Morgan fingerprint density at radius 1 is 1.00 bits per heavy atom. The molecule has 0 atom stereocenters. The highest BCUT2D eigenvalue weighted by molar-refractivity contribution is 9.10. The molecule has 2 aromatic carbocycles. The Balaban J connectivity index is 1.93. The summed E-state index contributed by atoms with van der Waals surface area (Å²) in [4.78, 5) is 16.1. The van der Waals surface area contributed by atoms with Crippen molar-refractivity contribution in [3.8, 4) is 0 Å². The zero-order chi connectivity index (χ0) is 13.9. The first-order valence-corrected chi connectivity index (χ1v) is 6.85. The van der Waals surface area contributed by atoms with Crippen LogP contribution in [0.3, 0.4) is 0 Å². The van der Waals surface area contributed by atoms with Gasteiger partial charge in [0, 0.05) is 10.0 Å². The molecule has 0 spiro atoms. The molecular formula is C16H10BrNO2. The molecule has 0 bridgehead atoms. The molecule has 0 aromatic heterocycles. The summed E-state index contributed by atoms with van der Waals surface area (Å²) < 4.78 is 6.16. The van der Waals surface area contributed by atoms with Crippen LogP contribution in [0, 0.1) is 0 Å². The average Bonchev–Trinajstić information content (AvgIpc) is 2.82. The molecule has 1 aliphatic rings. The number of aliphatic imine (C=N–C) groups is 1. The van der Waals surface area contributed by atoms with Crippen molar-refractivity contribution in [1.82, 2.24) is 0 Å². The van der Waals surface area contributed by atoms with Gasteiger partial charge in [0.1, 0.15) is 0 Å². The summed E-state index contributed by atoms with van der Waals surface area (Å²) in [7, 11) is 0. The van der Waals surface area contributed by atoms with E-state index in [0.29, 0.717) is 11.6 Å². The van der Waals surface area contributed by atoms with Gasteiger partial charge in [-0.3, -0.25) is 0 Å². The third kappa shape index (κ3) is 2.70. The molecule has 0 aliphatic carbocycles. The molecule has 0 unspecified atom stereocenters. The Morgan fingerprint density at radius 2 is 1.70 bits per heavy atom. The van der Waals surface area contributed by atoms with E-state index in [1.165, 1.54) is 0 Å². The van der Waals surface area contributed by atoms with Gasteiger partial charge >= 0.3 is 5.97 Å². The standard InChI is InChI=1S/C16H10BrNO2/c17-13-8-6-12(7-9-13)15-18-14(16(19)20-15)10-11-4-2-1-3-5-11/h1-10H. The molecule has 2 aromatic rings. The zero-order valence-electron chi connectivity index (χ0n) is 10.4. The number of nitrogens with zero attached hydrogens (tertiary/aromatic N) is 1. The van der Waals surface area contributed by atoms with Gasteiger partial charge in [0.25, 0.3) is 0 Å². The number of ether oxygens (including phenoxy) is 1. The Labute approximate surface area is 124 Å². The number of hydrogen-bond donors (Lipinski definition) is 0. The average molecular weight is 328 g/mol. The van der Waals surface area contributed by atoms with Gasteiger partial charge in [-0.25, -0.2) is 9.79 Å². The molecular weight excluding hydrogens is 318 g/mol. The number of carbonyl (C=O) groups excluding carboxylic acids is 1. The van der Waals surface area contributed by atoms with Gasteiger partial charge in [0.05, 0.1) is 0 Å². The van der Waals surface area contributed by atoms with Gasteiger partial charge in [-0.2, -0.15) is 0 Å². The topological polar surface area (TPSA) is 38.7 Å². The Morgan fingerprint density at radius 3 is 2.40 bits per heavy atom. The summed E-state index contributed by atoms with van der Waals surface area (Å²) in [6.45, 7) is 0. The predicted octanol–water partition coefficient (Wildman–Crippen LogP) is 3.79. The van der Waals surface area contributed by atoms with Gasteiger partial charge in [0.15, 0.2) is 5.70 Å². The van der Waals surface area contributed by atoms with Crippen molar-refractivity contribution in [3.63, 3.8) is 0 Å². The summed E-state index contributed by atoms with van der Waals surface area (Å²) in [6.07, 6.45) is 1.72. The van der Waals surface area contributed by atoms with Crippen molar-refractivity contribution in [2.45, 2.75) is 0 Å². The van der Waals surface area contributed by atoms with Crippen molar-refractivity contribution in [1.29, 1.82) is 0 Å². The lowest BCUT2D eigenvalue weighted by atomic mass is 10.2. The predicted molar refractivity (Wildman–Crippen MR) is 81.2 cm³/mol. The van der Waals surface area contributed by atoms with Gasteiger partial charge in [-0.15, -0.1) is 0 Å². The molecule has 1 aliphatic heterocycles. The lowest BCUT2D eigenvalue weighted by Gasteiger charge is -1.98. The highest BCUT2D eigenvalue weighted by atomic mass is 79.9. The van der Waals surface area contributed by atoms with Gasteiger partial charge in [0.2, 0.25) is 5.90 Å². The van der Waals surface area contributed by atoms with Crippen LogP contribution in [0.4, 0.5) is 0 Å². The van der Waals surface area contributed by atoms with E-state index >= 15 is 0 Å². The van der Waals surface area contributed by atoms with Gasteiger partial charge in [-0.1, -0.05) is 46.3 Å². The van der Waals surface area contributed by atoms with Crippen molar-refractivity contribution in [3.05, 3.63) is 75.9 Å². The summed E-state index contributed by atoms with van der Waals surface area (Å²) in [5.74, 6) is -0.0866. The molecule has 20 heavy (non-hydrogen) atoms. The highest BCUT2D eigenvalue weighted by Gasteiger charge is 2.23. The van der Waals surface area contributed by atoms with Crippen molar-refractivity contribution in [2.24, 2.45) is 4.99 Å². The minimum atomic E-state index is -0.424. The molecule has 1 heterocycles. The van der Waals surface area contributed by atoms with Crippen LogP contribution in [-0.4, -0.2) is 11.9 Å². The van der Waals surface area contributed by atoms with E-state index in [-0.39, 0.29) is 0 Å². The normalized spacial score (nSPS) is 16.1. The van der Waals surface area contributed by atoms with Crippen LogP contribution >= 0.6 is 15.9 Å². The molecule has 0 fully saturated rings. The quantitative estimate of drug-likeness (QED) is 0.621. The van der Waals surface area contributed by atoms with E-state index in [9.17, 15) is 4.79 Å². The number of rotatable bonds is 2. The Bertz CT molecular complexity index is 703. The highest BCUT2D eigenvalue weighted by Crippen LogP contribution is 2.20. The van der Waals surface area contributed by atoms with E-state index in [1.807, 2.05) is 54.6 Å². The maximum absolute atomic E-state index is 11.8. The lowest BCUT2D eigenvalue weighted by Crippen LogP contribution is -2.05. The fraction of sp³-hybridized carbons (Fsp3) is 0. The molecule has 0 radical (unpaired) electrons. The summed E-state index contributed by atoms with van der Waals surface area (Å²) in [5, 5.41) is 0. The monoisotopic (exact) mass is 327 g/mol. The second kappa shape index (κ2) is 5.43. The molecule has 4 heteroatoms. The SMILES string of the molecule is O=C1OC(c2ccc(Br)cc2)=NC1=Cc1ccccc1. The van der Waals surface area contributed by atoms with E-state index in [2.05, 4.69) is 20.9 Å². The third-order valence-electron chi connectivity index (χ3n) is 2.81.